The highest BCUT2D eigenvalue weighted by Gasteiger charge is 2.26. The molecule has 9 heteroatoms. The molecule has 0 atom stereocenters. The van der Waals surface area contributed by atoms with Crippen LogP contribution in [0.1, 0.15) is 13.8 Å². The molecule has 0 aliphatic rings. The molecule has 1 aromatic heterocycles. The van der Waals surface area contributed by atoms with Gasteiger partial charge in [-0.2, -0.15) is 0 Å². The van der Waals surface area contributed by atoms with Crippen LogP contribution in [0, 0.1) is 10.1 Å². The number of aromatic nitrogens is 2. The molecule has 1 aromatic carbocycles. The highest BCUT2D eigenvalue weighted by Crippen LogP contribution is 2.39. The van der Waals surface area contributed by atoms with Crippen LogP contribution in [0.2, 0.25) is 0 Å². The Balaban J connectivity index is 2.61. The van der Waals surface area contributed by atoms with Gasteiger partial charge >= 0.3 is 5.69 Å². The van der Waals surface area contributed by atoms with Crippen molar-refractivity contribution in [2.75, 3.05) is 18.5 Å². The van der Waals surface area contributed by atoms with Crippen molar-refractivity contribution < 1.29 is 14.7 Å². The first-order chi connectivity index (χ1) is 9.54. The number of nitro groups is 1. The molecule has 0 radical (unpaired) electrons. The van der Waals surface area contributed by atoms with Gasteiger partial charge < -0.3 is 10.4 Å². The Morgan fingerprint density at radius 2 is 2.20 bits per heavy atom. The molecule has 0 saturated heterocycles. The summed E-state index contributed by atoms with van der Waals surface area (Å²) in [6, 6.07) is 1.64. The number of benzene rings is 1. The average Bonchev–Trinajstić information content (AvgIpc) is 2.84. The maximum atomic E-state index is 11.2. The fraction of sp³-hybridized carbons (Fsp3) is 0.455. The van der Waals surface area contributed by atoms with Crippen LogP contribution in [0.4, 0.5) is 11.4 Å². The minimum atomic E-state index is -0.532. The topological polar surface area (TPSA) is 114 Å². The average molecular weight is 298 g/mol. The molecule has 0 bridgehead atoms. The number of rotatable bonds is 6. The zero-order valence-electron chi connectivity index (χ0n) is 11.0. The van der Waals surface area contributed by atoms with Gasteiger partial charge in [-0.15, -0.1) is 11.8 Å². The number of hydrogen-bond donors (Lipinski definition) is 2. The van der Waals surface area contributed by atoms with E-state index in [1.54, 1.807) is 6.07 Å². The predicted octanol–water partition coefficient (Wildman–Crippen LogP) is 2.04. The van der Waals surface area contributed by atoms with E-state index in [0.717, 1.165) is 4.90 Å². The van der Waals surface area contributed by atoms with Crippen LogP contribution in [0.3, 0.4) is 0 Å². The van der Waals surface area contributed by atoms with Gasteiger partial charge in [0.05, 0.1) is 11.5 Å². The smallest absolute Gasteiger partial charge is 0.323 e. The normalized spacial score (nSPS) is 11.2. The second-order valence-electron chi connectivity index (χ2n) is 4.31. The number of nitro benzene ring substituents is 1. The largest absolute Gasteiger partial charge is 0.395 e. The van der Waals surface area contributed by atoms with E-state index >= 15 is 0 Å². The van der Waals surface area contributed by atoms with Gasteiger partial charge in [0.2, 0.25) is 5.52 Å². The Hall–Kier alpha value is -1.87. The van der Waals surface area contributed by atoms with Crippen molar-refractivity contribution in [3.05, 3.63) is 16.2 Å². The number of anilines is 1. The number of hydrogen-bond acceptors (Lipinski definition) is 8. The Morgan fingerprint density at radius 1 is 1.50 bits per heavy atom. The van der Waals surface area contributed by atoms with Crippen LogP contribution in [-0.4, -0.2) is 38.7 Å². The molecule has 2 rings (SSSR count). The SMILES string of the molecule is CC(C)Sc1cc(NCCO)c([N+](=O)[O-])c2nonc12. The van der Waals surface area contributed by atoms with Gasteiger partial charge in [0.15, 0.2) is 5.52 Å². The molecule has 0 amide bonds. The van der Waals surface area contributed by atoms with E-state index in [2.05, 4.69) is 20.3 Å². The quantitative estimate of drug-likeness (QED) is 0.473. The summed E-state index contributed by atoms with van der Waals surface area (Å²) < 4.78 is 4.64. The molecule has 0 aliphatic heterocycles. The standard InChI is InChI=1S/C11H14N4O4S/c1-6(2)20-8-5-7(12-3-4-16)11(15(17)18)10-9(8)13-19-14-10/h5-6,12,16H,3-4H2,1-2H3. The lowest BCUT2D eigenvalue weighted by atomic mass is 10.2. The van der Waals surface area contributed by atoms with Gasteiger partial charge in [-0.25, -0.2) is 4.63 Å². The summed E-state index contributed by atoms with van der Waals surface area (Å²) in [5.41, 5.74) is 0.601. The van der Waals surface area contributed by atoms with Crippen molar-refractivity contribution in [1.82, 2.24) is 10.3 Å². The van der Waals surface area contributed by atoms with Crippen molar-refractivity contribution in [2.45, 2.75) is 24.0 Å². The van der Waals surface area contributed by atoms with E-state index in [1.807, 2.05) is 13.8 Å². The predicted molar refractivity (Wildman–Crippen MR) is 75.0 cm³/mol. The third kappa shape index (κ3) is 2.83. The van der Waals surface area contributed by atoms with Crippen molar-refractivity contribution in [3.63, 3.8) is 0 Å². The van der Waals surface area contributed by atoms with Gasteiger partial charge in [-0.1, -0.05) is 13.8 Å². The maximum absolute atomic E-state index is 11.2. The van der Waals surface area contributed by atoms with Crippen LogP contribution in [-0.2, 0) is 0 Å². The molecule has 0 saturated carbocycles. The Kier molecular flexibility index (Phi) is 4.40. The van der Waals surface area contributed by atoms with E-state index in [-0.39, 0.29) is 29.6 Å². The molecule has 8 nitrogen and oxygen atoms in total. The number of aliphatic hydroxyl groups is 1. The van der Waals surface area contributed by atoms with Gasteiger partial charge in [0, 0.05) is 16.7 Å². The van der Waals surface area contributed by atoms with Crippen LogP contribution in [0.15, 0.2) is 15.6 Å². The molecule has 20 heavy (non-hydrogen) atoms. The van der Waals surface area contributed by atoms with E-state index < -0.39 is 4.92 Å². The first-order valence-corrected chi connectivity index (χ1v) is 6.87. The highest BCUT2D eigenvalue weighted by atomic mass is 32.2. The minimum Gasteiger partial charge on any atom is -0.395 e. The van der Waals surface area contributed by atoms with Crippen LogP contribution >= 0.6 is 11.8 Å². The summed E-state index contributed by atoms with van der Waals surface area (Å²) in [5.74, 6) is 0. The molecule has 0 fully saturated rings. The van der Waals surface area contributed by atoms with Crippen molar-refractivity contribution in [1.29, 1.82) is 0 Å². The molecule has 1 heterocycles. The molecule has 0 unspecified atom stereocenters. The lowest BCUT2D eigenvalue weighted by Crippen LogP contribution is -2.08. The van der Waals surface area contributed by atoms with E-state index in [9.17, 15) is 10.1 Å². The third-order valence-electron chi connectivity index (χ3n) is 2.45. The fourth-order valence-electron chi connectivity index (χ4n) is 1.75. The van der Waals surface area contributed by atoms with Gasteiger partial charge in [0.25, 0.3) is 0 Å². The molecule has 2 aromatic rings. The fourth-order valence-corrected chi connectivity index (χ4v) is 2.69. The molecular weight excluding hydrogens is 284 g/mol. The molecule has 108 valence electrons. The number of fused-ring (bicyclic) bond motifs is 1. The van der Waals surface area contributed by atoms with Crippen LogP contribution < -0.4 is 5.32 Å². The Morgan fingerprint density at radius 3 is 2.80 bits per heavy atom. The zero-order valence-corrected chi connectivity index (χ0v) is 11.8. The summed E-state index contributed by atoms with van der Waals surface area (Å²) in [5, 5.41) is 30.6. The van der Waals surface area contributed by atoms with E-state index in [4.69, 9.17) is 5.11 Å². The van der Waals surface area contributed by atoms with Gasteiger partial charge in [-0.05, 0) is 16.4 Å². The third-order valence-corrected chi connectivity index (χ3v) is 3.49. The molecular formula is C11H14N4O4S. The zero-order chi connectivity index (χ0) is 14.7. The first kappa shape index (κ1) is 14.5. The summed E-state index contributed by atoms with van der Waals surface area (Å²) in [4.78, 5) is 11.4. The number of thioether (sulfide) groups is 1. The highest BCUT2D eigenvalue weighted by molar-refractivity contribution is 8.00. The van der Waals surface area contributed by atoms with Crippen molar-refractivity contribution in [2.24, 2.45) is 0 Å². The summed E-state index contributed by atoms with van der Waals surface area (Å²) in [6.07, 6.45) is 0. The Labute approximate surface area is 118 Å². The minimum absolute atomic E-state index is 0.112. The Bertz CT molecular complexity index is 628. The van der Waals surface area contributed by atoms with Gasteiger partial charge in [-0.3, -0.25) is 10.1 Å². The van der Waals surface area contributed by atoms with Gasteiger partial charge in [0.1, 0.15) is 5.69 Å². The number of nitrogens with zero attached hydrogens (tertiary/aromatic N) is 3. The lowest BCUT2D eigenvalue weighted by molar-refractivity contribution is -0.382. The monoisotopic (exact) mass is 298 g/mol. The van der Waals surface area contributed by atoms with E-state index in [0.29, 0.717) is 11.2 Å². The molecule has 0 spiro atoms. The summed E-state index contributed by atoms with van der Waals surface area (Å²) in [6.45, 7) is 4.10. The molecule has 2 N–H and O–H groups in total. The maximum Gasteiger partial charge on any atom is 0.323 e. The summed E-state index contributed by atoms with van der Waals surface area (Å²) in [7, 11) is 0. The van der Waals surface area contributed by atoms with Crippen molar-refractivity contribution in [3.8, 4) is 0 Å². The second-order valence-corrected chi connectivity index (χ2v) is 5.92. The lowest BCUT2D eigenvalue weighted by Gasteiger charge is -2.09. The number of nitrogens with one attached hydrogen (secondary N) is 1. The number of aliphatic hydroxyl groups excluding tert-OH is 1. The van der Waals surface area contributed by atoms with Crippen LogP contribution in [0.5, 0.6) is 0 Å². The van der Waals surface area contributed by atoms with E-state index in [1.165, 1.54) is 11.8 Å². The molecule has 0 aliphatic carbocycles. The second kappa shape index (κ2) is 6.06. The summed E-state index contributed by atoms with van der Waals surface area (Å²) >= 11 is 1.51. The first-order valence-electron chi connectivity index (χ1n) is 5.99. The van der Waals surface area contributed by atoms with Crippen molar-refractivity contribution >= 4 is 34.2 Å². The van der Waals surface area contributed by atoms with Crippen LogP contribution in [0.25, 0.3) is 11.0 Å².